The number of carbonyl (C=O) groups is 1. The number of unbranched alkanes of at least 4 members (excludes halogenated alkanes) is 5. The Balaban J connectivity index is 4.12. The highest BCUT2D eigenvalue weighted by atomic mass is 19.4. The second kappa shape index (κ2) is 11.7. The van der Waals surface area contributed by atoms with Gasteiger partial charge in [-0.05, 0) is 12.8 Å². The maximum absolute atomic E-state index is 13.6. The van der Waals surface area contributed by atoms with Crippen LogP contribution in [-0.4, -0.2) is 36.5 Å². The van der Waals surface area contributed by atoms with Crippen molar-refractivity contribution in [2.75, 3.05) is 6.61 Å². The molecule has 0 atom stereocenters. The van der Waals surface area contributed by atoms with Crippen molar-refractivity contribution in [1.29, 1.82) is 0 Å². The van der Waals surface area contributed by atoms with E-state index in [1.807, 2.05) is 0 Å². The van der Waals surface area contributed by atoms with Crippen LogP contribution in [0.5, 0.6) is 0 Å². The molecule has 0 spiro atoms. The van der Waals surface area contributed by atoms with Crippen molar-refractivity contribution in [2.24, 2.45) is 0 Å². The van der Waals surface area contributed by atoms with Crippen molar-refractivity contribution in [3.8, 4) is 0 Å². The van der Waals surface area contributed by atoms with E-state index in [-0.39, 0.29) is 19.4 Å². The predicted octanol–water partition coefficient (Wildman–Crippen LogP) is 7.08. The summed E-state index contributed by atoms with van der Waals surface area (Å²) in [5, 5.41) is 0. The van der Waals surface area contributed by atoms with Crippen LogP contribution in [0.1, 0.15) is 64.2 Å². The highest BCUT2D eigenvalue weighted by Crippen LogP contribution is 2.43. The summed E-state index contributed by atoms with van der Waals surface area (Å²) in [4.78, 5) is 10.8. The molecule has 0 heterocycles. The fourth-order valence-corrected chi connectivity index (χ4v) is 2.69. The van der Waals surface area contributed by atoms with Gasteiger partial charge in [0.1, 0.15) is 6.42 Å². The van der Waals surface area contributed by atoms with Crippen LogP contribution in [0.3, 0.4) is 0 Å². The zero-order chi connectivity index (χ0) is 22.8. The van der Waals surface area contributed by atoms with Gasteiger partial charge in [0.15, 0.2) is 0 Å². The number of carbonyl (C=O) groups excluding carboxylic acids is 1. The van der Waals surface area contributed by atoms with Crippen LogP contribution in [0.2, 0.25) is 0 Å². The number of hydrogen-bond acceptors (Lipinski definition) is 2. The fraction of sp³-hybridized carbons (Fsp3) is 0.833. The number of halogens is 9. The Bertz CT molecular complexity index is 502. The third-order valence-corrected chi connectivity index (χ3v) is 3.84. The van der Waals surface area contributed by atoms with E-state index in [2.05, 4.69) is 6.58 Å². The Morgan fingerprint density at radius 3 is 1.66 bits per heavy atom. The van der Waals surface area contributed by atoms with Crippen molar-refractivity contribution < 1.29 is 49.0 Å². The maximum Gasteiger partial charge on any atom is 0.394 e. The van der Waals surface area contributed by atoms with Gasteiger partial charge in [0.25, 0.3) is 17.8 Å². The lowest BCUT2D eigenvalue weighted by molar-refractivity contribution is -0.214. The SMILES string of the molecule is C=CC(=O)OCCCCCCCCC(F)(F)CC(F)(F)CC(F)(F)CC(F)(F)F. The standard InChI is InChI=1S/C18H25F9O2/c1-2-14(28)29-10-8-6-4-3-5-7-9-15(19,20)11-16(21,22)12-17(23,24)13-18(25,26)27/h2H,1,3-13H2. The molecule has 0 fully saturated rings. The van der Waals surface area contributed by atoms with Crippen molar-refractivity contribution >= 4 is 5.97 Å². The zero-order valence-corrected chi connectivity index (χ0v) is 15.8. The summed E-state index contributed by atoms with van der Waals surface area (Å²) >= 11 is 0. The highest BCUT2D eigenvalue weighted by Gasteiger charge is 2.52. The second-order valence-corrected chi connectivity index (χ2v) is 6.96. The lowest BCUT2D eigenvalue weighted by Gasteiger charge is -2.27. The minimum Gasteiger partial charge on any atom is -0.463 e. The van der Waals surface area contributed by atoms with Gasteiger partial charge in [0.05, 0.1) is 19.4 Å². The third-order valence-electron chi connectivity index (χ3n) is 3.84. The highest BCUT2D eigenvalue weighted by molar-refractivity contribution is 5.81. The zero-order valence-electron chi connectivity index (χ0n) is 15.8. The first kappa shape index (κ1) is 27.6. The van der Waals surface area contributed by atoms with Gasteiger partial charge in [-0.3, -0.25) is 0 Å². The van der Waals surface area contributed by atoms with Crippen LogP contribution in [0.15, 0.2) is 12.7 Å². The largest absolute Gasteiger partial charge is 0.463 e. The summed E-state index contributed by atoms with van der Waals surface area (Å²) in [5.74, 6) is -14.0. The predicted molar refractivity (Wildman–Crippen MR) is 88.2 cm³/mol. The van der Waals surface area contributed by atoms with Gasteiger partial charge in [-0.2, -0.15) is 13.2 Å². The summed E-state index contributed by atoms with van der Waals surface area (Å²) in [7, 11) is 0. The normalized spacial score (nSPS) is 13.4. The summed E-state index contributed by atoms with van der Waals surface area (Å²) < 4.78 is 121. The van der Waals surface area contributed by atoms with Crippen LogP contribution in [-0.2, 0) is 9.53 Å². The summed E-state index contributed by atoms with van der Waals surface area (Å²) in [6.07, 6.45) is -10.4. The van der Waals surface area contributed by atoms with Gasteiger partial charge in [0, 0.05) is 12.5 Å². The molecule has 0 saturated heterocycles. The molecular weight excluding hydrogens is 419 g/mol. The second-order valence-electron chi connectivity index (χ2n) is 6.96. The first-order chi connectivity index (χ1) is 13.1. The Morgan fingerprint density at radius 2 is 1.14 bits per heavy atom. The first-order valence-electron chi connectivity index (χ1n) is 9.07. The quantitative estimate of drug-likeness (QED) is 0.117. The van der Waals surface area contributed by atoms with Gasteiger partial charge >= 0.3 is 12.1 Å². The molecule has 0 saturated carbocycles. The number of esters is 1. The lowest BCUT2D eigenvalue weighted by atomic mass is 9.97. The molecule has 2 nitrogen and oxygen atoms in total. The van der Waals surface area contributed by atoms with E-state index in [9.17, 15) is 44.3 Å². The maximum atomic E-state index is 13.6. The van der Waals surface area contributed by atoms with Gasteiger partial charge < -0.3 is 4.74 Å². The van der Waals surface area contributed by atoms with Crippen molar-refractivity contribution in [1.82, 2.24) is 0 Å². The Kier molecular flexibility index (Phi) is 11.1. The summed E-state index contributed by atoms with van der Waals surface area (Å²) in [6.45, 7) is 3.41. The molecule has 0 radical (unpaired) electrons. The molecule has 0 N–H and O–H groups in total. The van der Waals surface area contributed by atoms with E-state index in [0.717, 1.165) is 6.08 Å². The molecule has 0 unspecified atom stereocenters. The Hall–Kier alpha value is -1.42. The van der Waals surface area contributed by atoms with Crippen LogP contribution in [0, 0.1) is 0 Å². The van der Waals surface area contributed by atoms with Gasteiger partial charge in [-0.1, -0.05) is 32.3 Å². The average molecular weight is 444 g/mol. The van der Waals surface area contributed by atoms with E-state index in [4.69, 9.17) is 4.74 Å². The minimum atomic E-state index is -5.38. The molecule has 0 rings (SSSR count). The molecule has 172 valence electrons. The molecule has 11 heteroatoms. The number of rotatable bonds is 15. The molecule has 0 aliphatic rings. The number of hydrogen-bond donors (Lipinski definition) is 0. The van der Waals surface area contributed by atoms with Gasteiger partial charge in [-0.15, -0.1) is 0 Å². The van der Waals surface area contributed by atoms with Crippen LogP contribution in [0.4, 0.5) is 39.5 Å². The molecule has 0 aliphatic heterocycles. The smallest absolute Gasteiger partial charge is 0.394 e. The average Bonchev–Trinajstić information content (AvgIpc) is 2.47. The number of ether oxygens (including phenoxy) is 1. The fourth-order valence-electron chi connectivity index (χ4n) is 2.69. The topological polar surface area (TPSA) is 26.3 Å². The van der Waals surface area contributed by atoms with Crippen molar-refractivity contribution in [2.45, 2.75) is 88.2 Å². The minimum absolute atomic E-state index is 0.131. The molecule has 0 bridgehead atoms. The first-order valence-corrected chi connectivity index (χ1v) is 9.07. The van der Waals surface area contributed by atoms with E-state index in [0.29, 0.717) is 25.7 Å². The summed E-state index contributed by atoms with van der Waals surface area (Å²) in [6, 6.07) is 0. The van der Waals surface area contributed by atoms with Crippen LogP contribution in [0.25, 0.3) is 0 Å². The lowest BCUT2D eigenvalue weighted by Crippen LogP contribution is -2.37. The third kappa shape index (κ3) is 16.1. The molecule has 0 aromatic rings. The van der Waals surface area contributed by atoms with E-state index < -0.39 is 55.6 Å². The van der Waals surface area contributed by atoms with Crippen molar-refractivity contribution in [3.63, 3.8) is 0 Å². The molecule has 29 heavy (non-hydrogen) atoms. The summed E-state index contributed by atoms with van der Waals surface area (Å²) in [5.41, 5.74) is 0. The van der Waals surface area contributed by atoms with E-state index >= 15 is 0 Å². The molecule has 0 amide bonds. The van der Waals surface area contributed by atoms with Crippen molar-refractivity contribution in [3.05, 3.63) is 12.7 Å². The molecule has 0 aromatic carbocycles. The Morgan fingerprint density at radius 1 is 0.690 bits per heavy atom. The molecule has 0 aliphatic carbocycles. The van der Waals surface area contributed by atoms with E-state index in [1.165, 1.54) is 0 Å². The van der Waals surface area contributed by atoms with E-state index in [1.54, 1.807) is 0 Å². The monoisotopic (exact) mass is 444 g/mol. The molecule has 0 aromatic heterocycles. The van der Waals surface area contributed by atoms with Crippen LogP contribution < -0.4 is 0 Å². The Labute approximate surface area is 163 Å². The van der Waals surface area contributed by atoms with Gasteiger partial charge in [0.2, 0.25) is 0 Å². The molecular formula is C18H25F9O2. The van der Waals surface area contributed by atoms with Gasteiger partial charge in [-0.25, -0.2) is 31.1 Å². The number of alkyl halides is 9. The van der Waals surface area contributed by atoms with Crippen LogP contribution >= 0.6 is 0 Å².